The van der Waals surface area contributed by atoms with Gasteiger partial charge < -0.3 is 14.8 Å². The second-order valence-electron chi connectivity index (χ2n) is 5.48. The van der Waals surface area contributed by atoms with Crippen molar-refractivity contribution in [1.29, 1.82) is 0 Å². The molecule has 25 heavy (non-hydrogen) atoms. The summed E-state index contributed by atoms with van der Waals surface area (Å²) in [4.78, 5) is 23.9. The fourth-order valence-corrected chi connectivity index (χ4v) is 2.29. The quantitative estimate of drug-likeness (QED) is 0.782. The lowest BCUT2D eigenvalue weighted by Gasteiger charge is -2.15. The highest BCUT2D eigenvalue weighted by molar-refractivity contribution is 6.34. The van der Waals surface area contributed by atoms with Crippen LogP contribution in [0.2, 0.25) is 5.02 Å². The fraction of sp³-hybridized carbons (Fsp3) is 0.263. The predicted octanol–water partition coefficient (Wildman–Crippen LogP) is 4.23. The third-order valence-electron chi connectivity index (χ3n) is 3.44. The minimum absolute atomic E-state index is 0.251. The lowest BCUT2D eigenvalue weighted by molar-refractivity contribution is -0.122. The summed E-state index contributed by atoms with van der Waals surface area (Å²) < 4.78 is 10.5. The second kappa shape index (κ2) is 8.53. The number of halogens is 1. The third kappa shape index (κ3) is 5.22. The predicted molar refractivity (Wildman–Crippen MR) is 97.3 cm³/mol. The lowest BCUT2D eigenvalue weighted by atomic mass is 10.2. The van der Waals surface area contributed by atoms with Gasteiger partial charge in [0.05, 0.1) is 22.9 Å². The number of carbonyl (C=O) groups is 2. The van der Waals surface area contributed by atoms with Crippen molar-refractivity contribution in [2.75, 3.05) is 11.9 Å². The maximum absolute atomic E-state index is 12.3. The summed E-state index contributed by atoms with van der Waals surface area (Å²) in [6.45, 7) is 5.63. The van der Waals surface area contributed by atoms with E-state index in [2.05, 4.69) is 5.32 Å². The molecule has 5 nitrogen and oxygen atoms in total. The Bertz CT molecular complexity index is 759. The molecule has 1 N–H and O–H groups in total. The number of benzene rings is 2. The largest absolute Gasteiger partial charge is 0.481 e. The SMILES string of the molecule is CCOC(=O)c1ccc(NC(=O)[C@H](C)Oc2ccc(C)cc2)c(Cl)c1. The van der Waals surface area contributed by atoms with Crippen LogP contribution in [-0.4, -0.2) is 24.6 Å². The Labute approximate surface area is 151 Å². The first-order valence-corrected chi connectivity index (χ1v) is 8.29. The molecule has 0 aliphatic rings. The first-order chi connectivity index (χ1) is 11.9. The molecule has 0 aliphatic carbocycles. The summed E-state index contributed by atoms with van der Waals surface area (Å²) in [6, 6.07) is 12.0. The first kappa shape index (κ1) is 18.8. The van der Waals surface area contributed by atoms with Gasteiger partial charge in [-0.15, -0.1) is 0 Å². The molecule has 0 spiro atoms. The van der Waals surface area contributed by atoms with Gasteiger partial charge >= 0.3 is 5.97 Å². The number of hydrogen-bond acceptors (Lipinski definition) is 4. The number of nitrogens with one attached hydrogen (secondary N) is 1. The number of rotatable bonds is 6. The van der Waals surface area contributed by atoms with Crippen LogP contribution in [0.3, 0.4) is 0 Å². The zero-order valence-electron chi connectivity index (χ0n) is 14.3. The molecule has 1 atom stereocenters. The molecule has 1 amide bonds. The van der Waals surface area contributed by atoms with Crippen molar-refractivity contribution < 1.29 is 19.1 Å². The molecule has 132 valence electrons. The van der Waals surface area contributed by atoms with E-state index < -0.39 is 12.1 Å². The zero-order chi connectivity index (χ0) is 18.4. The number of esters is 1. The molecule has 0 heterocycles. The minimum atomic E-state index is -0.705. The van der Waals surface area contributed by atoms with Crippen molar-refractivity contribution in [1.82, 2.24) is 0 Å². The average Bonchev–Trinajstić information content (AvgIpc) is 2.58. The van der Waals surface area contributed by atoms with Gasteiger partial charge in [-0.05, 0) is 51.1 Å². The van der Waals surface area contributed by atoms with Crippen molar-refractivity contribution >= 4 is 29.2 Å². The van der Waals surface area contributed by atoms with Gasteiger partial charge in [0.2, 0.25) is 0 Å². The summed E-state index contributed by atoms with van der Waals surface area (Å²) in [7, 11) is 0. The highest BCUT2D eigenvalue weighted by atomic mass is 35.5. The molecule has 0 saturated heterocycles. The van der Waals surface area contributed by atoms with Gasteiger partial charge in [-0.1, -0.05) is 29.3 Å². The van der Waals surface area contributed by atoms with Crippen molar-refractivity contribution in [3.05, 3.63) is 58.6 Å². The van der Waals surface area contributed by atoms with Crippen molar-refractivity contribution in [3.8, 4) is 5.75 Å². The van der Waals surface area contributed by atoms with Gasteiger partial charge in [0.15, 0.2) is 6.10 Å². The standard InChI is InChI=1S/C19H20ClNO4/c1-4-24-19(23)14-7-10-17(16(20)11-14)21-18(22)13(3)25-15-8-5-12(2)6-9-15/h5-11,13H,4H2,1-3H3,(H,21,22)/t13-/m0/s1. The van der Waals surface area contributed by atoms with E-state index in [0.717, 1.165) is 5.56 Å². The van der Waals surface area contributed by atoms with Crippen LogP contribution in [0.15, 0.2) is 42.5 Å². The highest BCUT2D eigenvalue weighted by Crippen LogP contribution is 2.24. The van der Waals surface area contributed by atoms with Crippen molar-refractivity contribution in [2.45, 2.75) is 26.9 Å². The van der Waals surface area contributed by atoms with Crippen LogP contribution in [0, 0.1) is 6.92 Å². The number of aryl methyl sites for hydroxylation is 1. The van der Waals surface area contributed by atoms with E-state index in [1.54, 1.807) is 38.1 Å². The molecule has 2 aromatic carbocycles. The molecule has 6 heteroatoms. The van der Waals surface area contributed by atoms with Gasteiger partial charge in [-0.3, -0.25) is 4.79 Å². The Morgan fingerprint density at radius 1 is 1.16 bits per heavy atom. The fourth-order valence-electron chi connectivity index (χ4n) is 2.07. The van der Waals surface area contributed by atoms with E-state index in [1.165, 1.54) is 6.07 Å². The van der Waals surface area contributed by atoms with E-state index >= 15 is 0 Å². The lowest BCUT2D eigenvalue weighted by Crippen LogP contribution is -2.30. The van der Waals surface area contributed by atoms with Crippen molar-refractivity contribution in [3.63, 3.8) is 0 Å². The maximum atomic E-state index is 12.3. The van der Waals surface area contributed by atoms with Gasteiger partial charge in [0, 0.05) is 0 Å². The maximum Gasteiger partial charge on any atom is 0.338 e. The molecule has 0 aromatic heterocycles. The molecule has 0 fully saturated rings. The molecular weight excluding hydrogens is 342 g/mol. The molecule has 0 bridgehead atoms. The van der Waals surface area contributed by atoms with Gasteiger partial charge in [0.25, 0.3) is 5.91 Å². The van der Waals surface area contributed by atoms with Crippen LogP contribution in [0.4, 0.5) is 5.69 Å². The van der Waals surface area contributed by atoms with Crippen molar-refractivity contribution in [2.24, 2.45) is 0 Å². The average molecular weight is 362 g/mol. The van der Waals surface area contributed by atoms with Gasteiger partial charge in [0.1, 0.15) is 5.75 Å². The molecule has 0 aliphatic heterocycles. The molecule has 2 aromatic rings. The Balaban J connectivity index is 2.01. The van der Waals surface area contributed by atoms with Crippen LogP contribution >= 0.6 is 11.6 Å². The second-order valence-corrected chi connectivity index (χ2v) is 5.88. The Kier molecular flexibility index (Phi) is 6.42. The number of ether oxygens (including phenoxy) is 2. The van der Waals surface area contributed by atoms with Gasteiger partial charge in [-0.2, -0.15) is 0 Å². The van der Waals surface area contributed by atoms with Crippen LogP contribution < -0.4 is 10.1 Å². The monoisotopic (exact) mass is 361 g/mol. The Hall–Kier alpha value is -2.53. The first-order valence-electron chi connectivity index (χ1n) is 7.91. The summed E-state index contributed by atoms with van der Waals surface area (Å²) in [5, 5.41) is 2.94. The molecule has 0 saturated carbocycles. The van der Waals surface area contributed by atoms with E-state index in [0.29, 0.717) is 17.0 Å². The van der Waals surface area contributed by atoms with Gasteiger partial charge in [-0.25, -0.2) is 4.79 Å². The summed E-state index contributed by atoms with van der Waals surface area (Å²) in [6.07, 6.45) is -0.705. The van der Waals surface area contributed by atoms with E-state index in [9.17, 15) is 9.59 Å². The van der Waals surface area contributed by atoms with E-state index in [4.69, 9.17) is 21.1 Å². The molecule has 2 rings (SSSR count). The Morgan fingerprint density at radius 2 is 1.84 bits per heavy atom. The third-order valence-corrected chi connectivity index (χ3v) is 3.75. The van der Waals surface area contributed by atoms with Crippen LogP contribution in [0.1, 0.15) is 29.8 Å². The molecule has 0 unspecified atom stereocenters. The minimum Gasteiger partial charge on any atom is -0.481 e. The normalized spacial score (nSPS) is 11.5. The summed E-state index contributed by atoms with van der Waals surface area (Å²) in [5.41, 5.74) is 1.84. The number of anilines is 1. The number of amides is 1. The molecular formula is C19H20ClNO4. The topological polar surface area (TPSA) is 64.6 Å². The number of carbonyl (C=O) groups excluding carboxylic acids is 2. The smallest absolute Gasteiger partial charge is 0.338 e. The summed E-state index contributed by atoms with van der Waals surface area (Å²) in [5.74, 6) is -0.193. The van der Waals surface area contributed by atoms with Crippen LogP contribution in [0.25, 0.3) is 0 Å². The molecule has 0 radical (unpaired) electrons. The van der Waals surface area contributed by atoms with E-state index in [1.807, 2.05) is 19.1 Å². The van der Waals surface area contributed by atoms with E-state index in [-0.39, 0.29) is 17.5 Å². The number of hydrogen-bond donors (Lipinski definition) is 1. The highest BCUT2D eigenvalue weighted by Gasteiger charge is 2.17. The Morgan fingerprint density at radius 3 is 2.44 bits per heavy atom. The van der Waals surface area contributed by atoms with Crippen LogP contribution in [0.5, 0.6) is 5.75 Å². The summed E-state index contributed by atoms with van der Waals surface area (Å²) >= 11 is 6.14. The van der Waals surface area contributed by atoms with Crippen LogP contribution in [-0.2, 0) is 9.53 Å². The zero-order valence-corrected chi connectivity index (χ0v) is 15.1.